The number of hydrogen-bond donors (Lipinski definition) is 1. The van der Waals surface area contributed by atoms with Gasteiger partial charge in [0, 0.05) is 17.3 Å². The van der Waals surface area contributed by atoms with E-state index < -0.39 is 23.1 Å². The number of benzene rings is 1. The average Bonchev–Trinajstić information content (AvgIpc) is 2.27. The van der Waals surface area contributed by atoms with Crippen LogP contribution in [0.2, 0.25) is 0 Å². The summed E-state index contributed by atoms with van der Waals surface area (Å²) in [4.78, 5) is 13.4. The van der Waals surface area contributed by atoms with E-state index in [1.165, 1.54) is 12.1 Å². The molecule has 2 aromatic rings. The van der Waals surface area contributed by atoms with Gasteiger partial charge in [0.15, 0.2) is 0 Å². The van der Waals surface area contributed by atoms with Crippen molar-refractivity contribution in [1.29, 1.82) is 0 Å². The minimum absolute atomic E-state index is 0.0747. The third kappa shape index (κ3) is 2.58. The molecule has 1 aromatic heterocycles. The maximum Gasteiger partial charge on any atom is 0.416 e. The standard InChI is InChI=1S/C12H7F4NO/c13-9-3-1-2-7(4-9)10-5-8(12(14,15)16)6-11(18)17-10/h1-6H,(H,17,18). The highest BCUT2D eigenvalue weighted by Gasteiger charge is 2.31. The molecule has 0 saturated carbocycles. The van der Waals surface area contributed by atoms with Gasteiger partial charge in [0.05, 0.1) is 5.56 Å². The van der Waals surface area contributed by atoms with Crippen LogP contribution in [0.3, 0.4) is 0 Å². The Morgan fingerprint density at radius 2 is 1.78 bits per heavy atom. The fourth-order valence-corrected chi connectivity index (χ4v) is 1.52. The van der Waals surface area contributed by atoms with Gasteiger partial charge >= 0.3 is 6.18 Å². The first-order valence-corrected chi connectivity index (χ1v) is 4.94. The summed E-state index contributed by atoms with van der Waals surface area (Å²) in [5.41, 5.74) is -1.85. The Morgan fingerprint density at radius 1 is 1.06 bits per heavy atom. The first-order chi connectivity index (χ1) is 8.36. The molecule has 2 rings (SSSR count). The van der Waals surface area contributed by atoms with Gasteiger partial charge in [-0.2, -0.15) is 13.2 Å². The van der Waals surface area contributed by atoms with Crippen molar-refractivity contribution >= 4 is 0 Å². The molecule has 6 heteroatoms. The zero-order valence-corrected chi connectivity index (χ0v) is 8.88. The van der Waals surface area contributed by atoms with Crippen LogP contribution >= 0.6 is 0 Å². The summed E-state index contributed by atoms with van der Waals surface area (Å²) in [7, 11) is 0. The number of alkyl halides is 3. The highest BCUT2D eigenvalue weighted by atomic mass is 19.4. The van der Waals surface area contributed by atoms with Gasteiger partial charge in [0.1, 0.15) is 5.82 Å². The van der Waals surface area contributed by atoms with Crippen LogP contribution in [-0.4, -0.2) is 4.98 Å². The van der Waals surface area contributed by atoms with E-state index in [4.69, 9.17) is 0 Å². The van der Waals surface area contributed by atoms with Crippen LogP contribution in [-0.2, 0) is 6.18 Å². The zero-order valence-electron chi connectivity index (χ0n) is 8.88. The number of H-pyrrole nitrogens is 1. The molecule has 0 aliphatic carbocycles. The van der Waals surface area contributed by atoms with Gasteiger partial charge < -0.3 is 4.98 Å². The highest BCUT2D eigenvalue weighted by molar-refractivity contribution is 5.59. The van der Waals surface area contributed by atoms with Crippen LogP contribution in [0.1, 0.15) is 5.56 Å². The number of rotatable bonds is 1. The predicted octanol–water partition coefficient (Wildman–Crippen LogP) is 3.20. The normalized spacial score (nSPS) is 11.6. The van der Waals surface area contributed by atoms with Crippen LogP contribution in [0.15, 0.2) is 41.2 Å². The molecule has 94 valence electrons. The highest BCUT2D eigenvalue weighted by Crippen LogP contribution is 2.30. The second kappa shape index (κ2) is 4.29. The van der Waals surface area contributed by atoms with Gasteiger partial charge in [-0.05, 0) is 18.2 Å². The predicted molar refractivity (Wildman–Crippen MR) is 57.5 cm³/mol. The summed E-state index contributed by atoms with van der Waals surface area (Å²) in [5.74, 6) is -0.592. The van der Waals surface area contributed by atoms with Gasteiger partial charge in [-0.15, -0.1) is 0 Å². The van der Waals surface area contributed by atoms with E-state index in [1.807, 2.05) is 0 Å². The lowest BCUT2D eigenvalue weighted by molar-refractivity contribution is -0.137. The van der Waals surface area contributed by atoms with Crippen molar-refractivity contribution in [3.8, 4) is 11.3 Å². The second-order valence-electron chi connectivity index (χ2n) is 3.66. The van der Waals surface area contributed by atoms with Gasteiger partial charge in [-0.25, -0.2) is 4.39 Å². The summed E-state index contributed by atoms with van der Waals surface area (Å²) in [6.45, 7) is 0. The summed E-state index contributed by atoms with van der Waals surface area (Å²) >= 11 is 0. The van der Waals surface area contributed by atoms with Crippen molar-refractivity contribution < 1.29 is 17.6 Å². The lowest BCUT2D eigenvalue weighted by atomic mass is 10.1. The van der Waals surface area contributed by atoms with Crippen LogP contribution in [0.4, 0.5) is 17.6 Å². The van der Waals surface area contributed by atoms with Gasteiger partial charge in [0.25, 0.3) is 0 Å². The Balaban J connectivity index is 2.59. The molecular formula is C12H7F4NO. The third-order valence-electron chi connectivity index (χ3n) is 2.31. The van der Waals surface area contributed by atoms with Crippen LogP contribution in [0.5, 0.6) is 0 Å². The molecule has 1 N–H and O–H groups in total. The molecule has 2 nitrogen and oxygen atoms in total. The van der Waals surface area contributed by atoms with Crippen molar-refractivity contribution in [2.24, 2.45) is 0 Å². The molecule has 1 aromatic carbocycles. The molecule has 1 heterocycles. The minimum atomic E-state index is -4.61. The fourth-order valence-electron chi connectivity index (χ4n) is 1.52. The molecule has 0 atom stereocenters. The summed E-state index contributed by atoms with van der Waals surface area (Å²) < 4.78 is 50.5. The number of aromatic nitrogens is 1. The quantitative estimate of drug-likeness (QED) is 0.782. The molecule has 0 saturated heterocycles. The number of pyridine rings is 1. The van der Waals surface area contributed by atoms with Crippen LogP contribution in [0.25, 0.3) is 11.3 Å². The lowest BCUT2D eigenvalue weighted by Crippen LogP contribution is -2.13. The maximum atomic E-state index is 13.0. The summed E-state index contributed by atoms with van der Waals surface area (Å²) in [6.07, 6.45) is -4.61. The Morgan fingerprint density at radius 3 is 2.39 bits per heavy atom. The molecule has 18 heavy (non-hydrogen) atoms. The van der Waals surface area contributed by atoms with Gasteiger partial charge in [0.2, 0.25) is 5.56 Å². The van der Waals surface area contributed by atoms with Gasteiger partial charge in [-0.1, -0.05) is 12.1 Å². The first kappa shape index (κ1) is 12.3. The van der Waals surface area contributed by atoms with E-state index >= 15 is 0 Å². The smallest absolute Gasteiger partial charge is 0.322 e. The zero-order chi connectivity index (χ0) is 13.3. The van der Waals surface area contributed by atoms with E-state index in [2.05, 4.69) is 4.98 Å². The molecule has 0 aliphatic heterocycles. The van der Waals surface area contributed by atoms with Crippen molar-refractivity contribution in [2.45, 2.75) is 6.18 Å². The SMILES string of the molecule is O=c1cc(C(F)(F)F)cc(-c2cccc(F)c2)[nH]1. The largest absolute Gasteiger partial charge is 0.416 e. The molecule has 0 unspecified atom stereocenters. The minimum Gasteiger partial charge on any atom is -0.322 e. The van der Waals surface area contributed by atoms with Crippen LogP contribution < -0.4 is 5.56 Å². The van der Waals surface area contributed by atoms with Crippen molar-refractivity contribution in [3.05, 3.63) is 58.1 Å². The second-order valence-corrected chi connectivity index (χ2v) is 3.66. The monoisotopic (exact) mass is 257 g/mol. The van der Waals surface area contributed by atoms with Crippen molar-refractivity contribution in [3.63, 3.8) is 0 Å². The maximum absolute atomic E-state index is 13.0. The Labute approximate surface area is 98.9 Å². The molecule has 0 spiro atoms. The number of aromatic amines is 1. The van der Waals surface area contributed by atoms with Crippen molar-refractivity contribution in [2.75, 3.05) is 0 Å². The first-order valence-electron chi connectivity index (χ1n) is 4.94. The van der Waals surface area contributed by atoms with Crippen molar-refractivity contribution in [1.82, 2.24) is 4.98 Å². The van der Waals surface area contributed by atoms with Gasteiger partial charge in [-0.3, -0.25) is 4.79 Å². The molecule has 0 bridgehead atoms. The fraction of sp³-hybridized carbons (Fsp3) is 0.0833. The Bertz CT molecular complexity index is 630. The van der Waals surface area contributed by atoms with E-state index in [-0.39, 0.29) is 11.3 Å². The molecule has 0 aliphatic rings. The molecule has 0 amide bonds. The molecule has 0 radical (unpaired) electrons. The Kier molecular flexibility index (Phi) is 2.94. The van der Waals surface area contributed by atoms with Crippen LogP contribution in [0, 0.1) is 5.82 Å². The lowest BCUT2D eigenvalue weighted by Gasteiger charge is -2.08. The average molecular weight is 257 g/mol. The summed E-state index contributed by atoms with van der Waals surface area (Å²) in [5, 5.41) is 0. The van der Waals surface area contributed by atoms with E-state index in [1.54, 1.807) is 0 Å². The number of halogens is 4. The van der Waals surface area contributed by atoms with E-state index in [9.17, 15) is 22.4 Å². The number of nitrogens with one attached hydrogen (secondary N) is 1. The molecular weight excluding hydrogens is 250 g/mol. The summed E-state index contributed by atoms with van der Waals surface area (Å²) in [6, 6.07) is 6.21. The Hall–Kier alpha value is -2.11. The van der Waals surface area contributed by atoms with E-state index in [0.29, 0.717) is 6.07 Å². The third-order valence-corrected chi connectivity index (χ3v) is 2.31. The topological polar surface area (TPSA) is 32.9 Å². The number of hydrogen-bond acceptors (Lipinski definition) is 1. The van der Waals surface area contributed by atoms with E-state index in [0.717, 1.165) is 18.2 Å². The molecule has 0 fully saturated rings.